The van der Waals surface area contributed by atoms with Gasteiger partial charge >= 0.3 is 17.9 Å². The van der Waals surface area contributed by atoms with Gasteiger partial charge < -0.3 is 14.2 Å². The Kier molecular flexibility index (Phi) is 64.6. The van der Waals surface area contributed by atoms with Crippen LogP contribution in [0.15, 0.2) is 48.6 Å². The van der Waals surface area contributed by atoms with Crippen LogP contribution in [-0.4, -0.2) is 37.2 Å². The molecule has 0 aliphatic carbocycles. The summed E-state index contributed by atoms with van der Waals surface area (Å²) in [5.74, 6) is -0.866. The highest BCUT2D eigenvalue weighted by Gasteiger charge is 2.19. The molecule has 0 aromatic heterocycles. The standard InChI is InChI=1S/C72H132O6/c1-4-7-10-13-16-19-22-25-28-30-32-34-35-36-37-38-40-41-44-47-50-53-56-59-62-65-71(74)77-68-69(67-76-70(73)64-61-58-55-52-49-46-43-27-24-21-18-15-12-9-6-3)78-72(75)66-63-60-57-54-51-48-45-42-39-33-31-29-26-23-20-17-14-11-8-5-2/h9,12,18,21,27,30,32,43,69H,4-8,10-11,13-17,19-20,22-26,28-29,31,33-42,44-68H2,1-3H3/b12-9-,21-18-,32-30-,43-27-. The molecule has 6 heteroatoms. The number of carbonyl (C=O) groups is 3. The van der Waals surface area contributed by atoms with E-state index in [9.17, 15) is 14.4 Å². The Morgan fingerprint density at radius 1 is 0.269 bits per heavy atom. The molecule has 1 unspecified atom stereocenters. The Morgan fingerprint density at radius 3 is 0.795 bits per heavy atom. The predicted molar refractivity (Wildman–Crippen MR) is 339 cm³/mol. The summed E-state index contributed by atoms with van der Waals surface area (Å²) in [4.78, 5) is 38.4. The molecule has 0 aliphatic heterocycles. The Bertz CT molecular complexity index is 1350. The van der Waals surface area contributed by atoms with E-state index < -0.39 is 6.10 Å². The van der Waals surface area contributed by atoms with Crippen molar-refractivity contribution in [2.45, 2.75) is 380 Å². The minimum Gasteiger partial charge on any atom is -0.462 e. The van der Waals surface area contributed by atoms with Gasteiger partial charge in [-0.25, -0.2) is 0 Å². The van der Waals surface area contributed by atoms with E-state index in [1.54, 1.807) is 0 Å². The monoisotopic (exact) mass is 1090 g/mol. The van der Waals surface area contributed by atoms with Crippen LogP contribution in [0.4, 0.5) is 0 Å². The largest absolute Gasteiger partial charge is 0.462 e. The summed E-state index contributed by atoms with van der Waals surface area (Å²) in [5.41, 5.74) is 0. The van der Waals surface area contributed by atoms with E-state index in [1.165, 1.54) is 238 Å². The Morgan fingerprint density at radius 2 is 0.500 bits per heavy atom. The van der Waals surface area contributed by atoms with Crippen molar-refractivity contribution in [3.05, 3.63) is 48.6 Å². The summed E-state index contributed by atoms with van der Waals surface area (Å²) in [6, 6.07) is 0. The molecule has 0 radical (unpaired) electrons. The number of carbonyl (C=O) groups excluding carboxylic acids is 3. The van der Waals surface area contributed by atoms with Crippen LogP contribution in [0.2, 0.25) is 0 Å². The Hall–Kier alpha value is -2.63. The lowest BCUT2D eigenvalue weighted by molar-refractivity contribution is -0.167. The van der Waals surface area contributed by atoms with Crippen molar-refractivity contribution in [1.82, 2.24) is 0 Å². The van der Waals surface area contributed by atoms with E-state index >= 15 is 0 Å². The van der Waals surface area contributed by atoms with Gasteiger partial charge in [0, 0.05) is 19.3 Å². The molecule has 0 spiro atoms. The minimum atomic E-state index is -0.779. The summed E-state index contributed by atoms with van der Waals surface area (Å²) in [5, 5.41) is 0. The molecule has 6 nitrogen and oxygen atoms in total. The van der Waals surface area contributed by atoms with Gasteiger partial charge in [0.15, 0.2) is 6.10 Å². The van der Waals surface area contributed by atoms with E-state index in [1.807, 2.05) is 0 Å². The van der Waals surface area contributed by atoms with Crippen LogP contribution in [0, 0.1) is 0 Å². The fraction of sp³-hybridized carbons (Fsp3) is 0.847. The molecule has 0 saturated heterocycles. The van der Waals surface area contributed by atoms with E-state index in [4.69, 9.17) is 14.2 Å². The Balaban J connectivity index is 4.28. The Labute approximate surface area is 486 Å². The number of rotatable bonds is 64. The molecule has 0 aliphatic rings. The van der Waals surface area contributed by atoms with Crippen molar-refractivity contribution >= 4 is 17.9 Å². The van der Waals surface area contributed by atoms with Crippen LogP contribution in [0.1, 0.15) is 374 Å². The van der Waals surface area contributed by atoms with Crippen LogP contribution in [0.3, 0.4) is 0 Å². The van der Waals surface area contributed by atoms with Gasteiger partial charge in [0.1, 0.15) is 13.2 Å². The second-order valence-electron chi connectivity index (χ2n) is 23.4. The summed E-state index contributed by atoms with van der Waals surface area (Å²) >= 11 is 0. The van der Waals surface area contributed by atoms with Gasteiger partial charge in [-0.05, 0) is 77.0 Å². The van der Waals surface area contributed by atoms with Crippen LogP contribution in [0.5, 0.6) is 0 Å². The number of hydrogen-bond donors (Lipinski definition) is 0. The van der Waals surface area contributed by atoms with Gasteiger partial charge in [-0.15, -0.1) is 0 Å². The third-order valence-electron chi connectivity index (χ3n) is 15.6. The molecule has 0 N–H and O–H groups in total. The second kappa shape index (κ2) is 66.9. The van der Waals surface area contributed by atoms with Crippen molar-refractivity contribution in [2.24, 2.45) is 0 Å². The van der Waals surface area contributed by atoms with Crippen molar-refractivity contribution in [1.29, 1.82) is 0 Å². The first kappa shape index (κ1) is 75.4. The zero-order chi connectivity index (χ0) is 56.4. The summed E-state index contributed by atoms with van der Waals surface area (Å²) in [6.07, 6.45) is 84.2. The third-order valence-corrected chi connectivity index (χ3v) is 15.6. The van der Waals surface area contributed by atoms with E-state index in [0.29, 0.717) is 19.3 Å². The number of hydrogen-bond acceptors (Lipinski definition) is 6. The maximum absolute atomic E-state index is 12.9. The van der Waals surface area contributed by atoms with Crippen molar-refractivity contribution in [2.75, 3.05) is 13.2 Å². The first-order chi connectivity index (χ1) is 38.5. The van der Waals surface area contributed by atoms with Gasteiger partial charge in [0.25, 0.3) is 0 Å². The molecule has 0 rings (SSSR count). The number of allylic oxidation sites excluding steroid dienone is 8. The normalized spacial score (nSPS) is 12.3. The molecule has 78 heavy (non-hydrogen) atoms. The van der Waals surface area contributed by atoms with E-state index in [2.05, 4.69) is 69.4 Å². The first-order valence-electron chi connectivity index (χ1n) is 34.6. The predicted octanol–water partition coefficient (Wildman–Crippen LogP) is 23.7. The molecule has 0 heterocycles. The molecule has 0 bridgehead atoms. The molecule has 456 valence electrons. The van der Waals surface area contributed by atoms with Gasteiger partial charge in [-0.1, -0.05) is 326 Å². The van der Waals surface area contributed by atoms with Gasteiger partial charge in [-0.2, -0.15) is 0 Å². The molecular formula is C72H132O6. The average Bonchev–Trinajstić information content (AvgIpc) is 3.44. The number of ether oxygens (including phenoxy) is 3. The topological polar surface area (TPSA) is 78.9 Å². The average molecular weight is 1090 g/mol. The molecular weight excluding hydrogens is 961 g/mol. The quantitative estimate of drug-likeness (QED) is 0.0261. The van der Waals surface area contributed by atoms with Gasteiger partial charge in [0.05, 0.1) is 0 Å². The second-order valence-corrected chi connectivity index (χ2v) is 23.4. The number of unbranched alkanes of at least 4 members (excludes halogenated alkanes) is 45. The van der Waals surface area contributed by atoms with E-state index in [-0.39, 0.29) is 31.1 Å². The zero-order valence-electron chi connectivity index (χ0n) is 52.5. The maximum Gasteiger partial charge on any atom is 0.306 e. The first-order valence-corrected chi connectivity index (χ1v) is 34.6. The fourth-order valence-corrected chi connectivity index (χ4v) is 10.4. The van der Waals surface area contributed by atoms with E-state index in [0.717, 1.165) is 96.3 Å². The highest BCUT2D eigenvalue weighted by Crippen LogP contribution is 2.18. The summed E-state index contributed by atoms with van der Waals surface area (Å²) in [6.45, 7) is 6.58. The van der Waals surface area contributed by atoms with Crippen molar-refractivity contribution in [3.63, 3.8) is 0 Å². The molecule has 0 amide bonds. The highest BCUT2D eigenvalue weighted by atomic mass is 16.6. The zero-order valence-corrected chi connectivity index (χ0v) is 52.5. The molecule has 0 saturated carbocycles. The van der Waals surface area contributed by atoms with Crippen LogP contribution in [-0.2, 0) is 28.6 Å². The lowest BCUT2D eigenvalue weighted by Crippen LogP contribution is -2.30. The van der Waals surface area contributed by atoms with Gasteiger partial charge in [0.2, 0.25) is 0 Å². The smallest absolute Gasteiger partial charge is 0.306 e. The molecule has 0 aromatic rings. The molecule has 1 atom stereocenters. The van der Waals surface area contributed by atoms with Gasteiger partial charge in [-0.3, -0.25) is 14.4 Å². The highest BCUT2D eigenvalue weighted by molar-refractivity contribution is 5.71. The number of esters is 3. The maximum atomic E-state index is 12.9. The molecule has 0 fully saturated rings. The summed E-state index contributed by atoms with van der Waals surface area (Å²) < 4.78 is 17.0. The van der Waals surface area contributed by atoms with Crippen molar-refractivity contribution < 1.29 is 28.6 Å². The van der Waals surface area contributed by atoms with Crippen LogP contribution >= 0.6 is 0 Å². The summed E-state index contributed by atoms with van der Waals surface area (Å²) in [7, 11) is 0. The van der Waals surface area contributed by atoms with Crippen LogP contribution in [0.25, 0.3) is 0 Å². The lowest BCUT2D eigenvalue weighted by atomic mass is 10.0. The van der Waals surface area contributed by atoms with Crippen LogP contribution < -0.4 is 0 Å². The minimum absolute atomic E-state index is 0.0745. The van der Waals surface area contributed by atoms with Crippen molar-refractivity contribution in [3.8, 4) is 0 Å². The SMILES string of the molecule is CC/C=C\C/C=C\C/C=C\CCCCCCCC(=O)OCC(COC(=O)CCCCCCCCCCCCCCC/C=C\CCCCCCCCCC)OC(=O)CCCCCCCCCCCCCCCCCCCCCC. The molecule has 0 aromatic carbocycles. The third kappa shape index (κ3) is 64.2. The lowest BCUT2D eigenvalue weighted by Gasteiger charge is -2.18. The fourth-order valence-electron chi connectivity index (χ4n) is 10.4.